The summed E-state index contributed by atoms with van der Waals surface area (Å²) in [5.74, 6) is 0. The van der Waals surface area contributed by atoms with E-state index in [1.807, 2.05) is 4.98 Å². The summed E-state index contributed by atoms with van der Waals surface area (Å²) in [5, 5.41) is 10.9. The lowest BCUT2D eigenvalue weighted by Gasteiger charge is -2.14. The number of hydrogen-bond donors (Lipinski definition) is 3. The van der Waals surface area contributed by atoms with E-state index in [0.29, 0.717) is 6.07 Å². The zero-order chi connectivity index (χ0) is 16.0. The number of aromatic amines is 2. The van der Waals surface area contributed by atoms with E-state index in [1.54, 1.807) is 4.98 Å². The van der Waals surface area contributed by atoms with E-state index in [0.717, 1.165) is 0 Å². The van der Waals surface area contributed by atoms with Gasteiger partial charge in [-0.1, -0.05) is 5.16 Å². The molecule has 0 aliphatic carbocycles. The Kier molecular flexibility index (Phi) is 3.22. The van der Waals surface area contributed by atoms with Crippen LogP contribution in [0.25, 0.3) is 11.0 Å². The van der Waals surface area contributed by atoms with Gasteiger partial charge >= 0.3 is 12.4 Å². The van der Waals surface area contributed by atoms with Crippen molar-refractivity contribution >= 4 is 11.0 Å². The van der Waals surface area contributed by atoms with E-state index in [9.17, 15) is 31.1 Å². The molecule has 5 nitrogen and oxygen atoms in total. The Morgan fingerprint density at radius 1 is 1.00 bits per heavy atom. The maximum Gasteiger partial charge on any atom is 0.418 e. The molecule has 0 aliphatic rings. The molecule has 0 unspecified atom stereocenters. The van der Waals surface area contributed by atoms with Crippen LogP contribution in [0, 0.1) is 0 Å². The first-order valence-corrected chi connectivity index (χ1v) is 5.17. The summed E-state index contributed by atoms with van der Waals surface area (Å²) in [6.07, 6.45) is -10.1. The van der Waals surface area contributed by atoms with E-state index < -0.39 is 45.6 Å². The second-order valence-corrected chi connectivity index (χ2v) is 3.97. The second kappa shape index (κ2) is 4.53. The van der Waals surface area contributed by atoms with Gasteiger partial charge in [-0.2, -0.15) is 26.3 Å². The molecule has 1 aromatic carbocycles. The van der Waals surface area contributed by atoms with Crippen LogP contribution in [-0.2, 0) is 12.4 Å². The fourth-order valence-corrected chi connectivity index (χ4v) is 1.69. The number of aromatic nitrogens is 2. The first-order valence-electron chi connectivity index (χ1n) is 5.17. The number of rotatable bonds is 0. The number of alkyl halides is 6. The van der Waals surface area contributed by atoms with Crippen molar-refractivity contribution in [2.24, 2.45) is 5.16 Å². The number of hydrogen-bond acceptors (Lipinski definition) is 3. The van der Waals surface area contributed by atoms with Crippen molar-refractivity contribution in [3.63, 3.8) is 0 Å². The first-order chi connectivity index (χ1) is 9.54. The van der Waals surface area contributed by atoms with Gasteiger partial charge in [-0.15, -0.1) is 0 Å². The molecule has 11 heteroatoms. The molecule has 2 rings (SSSR count). The number of nitrogens with one attached hydrogen (secondary N) is 2. The second-order valence-electron chi connectivity index (χ2n) is 3.97. The summed E-state index contributed by atoms with van der Waals surface area (Å²) in [6.45, 7) is 0. The molecule has 21 heavy (non-hydrogen) atoms. The van der Waals surface area contributed by atoms with Crippen LogP contribution < -0.4 is 11.0 Å². The van der Waals surface area contributed by atoms with Crippen molar-refractivity contribution in [3.05, 3.63) is 39.1 Å². The van der Waals surface area contributed by atoms with E-state index >= 15 is 0 Å². The SMILES string of the molecule is O=c1[nH]c2cc(C(F)(F)F)cc(C(F)(F)F)c2[nH]/c1=N\O. The van der Waals surface area contributed by atoms with Crippen LogP contribution >= 0.6 is 0 Å². The molecule has 114 valence electrons. The van der Waals surface area contributed by atoms with Gasteiger partial charge < -0.3 is 15.2 Å². The third kappa shape index (κ3) is 2.71. The van der Waals surface area contributed by atoms with Gasteiger partial charge in [-0.25, -0.2) is 0 Å². The summed E-state index contributed by atoms with van der Waals surface area (Å²) in [7, 11) is 0. The molecule has 0 fully saturated rings. The van der Waals surface area contributed by atoms with Crippen molar-refractivity contribution in [1.82, 2.24) is 9.97 Å². The van der Waals surface area contributed by atoms with E-state index in [4.69, 9.17) is 5.21 Å². The summed E-state index contributed by atoms with van der Waals surface area (Å²) in [4.78, 5) is 14.9. The molecule has 0 spiro atoms. The smallest absolute Gasteiger partial charge is 0.409 e. The standard InChI is InChI=1S/C10H5F6N3O2/c11-9(12,13)3-1-4(10(14,15)16)6-5(2-3)17-8(20)7(18-6)19-21/h1-2,21H,(H,17,20)(H,18,19). The van der Waals surface area contributed by atoms with Crippen molar-refractivity contribution < 1.29 is 31.5 Å². The Hall–Kier alpha value is -2.46. The third-order valence-corrected chi connectivity index (χ3v) is 2.58. The predicted octanol–water partition coefficient (Wildman–Crippen LogP) is 2.18. The van der Waals surface area contributed by atoms with Gasteiger partial charge in [0.1, 0.15) is 0 Å². The van der Waals surface area contributed by atoms with Crippen molar-refractivity contribution in [2.75, 3.05) is 0 Å². The molecule has 3 N–H and O–H groups in total. The van der Waals surface area contributed by atoms with Crippen molar-refractivity contribution in [1.29, 1.82) is 0 Å². The van der Waals surface area contributed by atoms with Crippen LogP contribution in [0.3, 0.4) is 0 Å². The van der Waals surface area contributed by atoms with Gasteiger partial charge in [0.2, 0.25) is 5.49 Å². The lowest BCUT2D eigenvalue weighted by molar-refractivity contribution is -0.142. The molecule has 0 bridgehead atoms. The van der Waals surface area contributed by atoms with Crippen LogP contribution in [-0.4, -0.2) is 15.2 Å². The Morgan fingerprint density at radius 2 is 1.62 bits per heavy atom. The Balaban J connectivity index is 2.99. The minimum Gasteiger partial charge on any atom is -0.409 e. The summed E-state index contributed by atoms with van der Waals surface area (Å²) >= 11 is 0. The summed E-state index contributed by atoms with van der Waals surface area (Å²) < 4.78 is 76.4. The van der Waals surface area contributed by atoms with Gasteiger partial charge in [-0.3, -0.25) is 4.79 Å². The summed E-state index contributed by atoms with van der Waals surface area (Å²) in [5.41, 5.74) is -6.80. The van der Waals surface area contributed by atoms with Crippen LogP contribution in [0.15, 0.2) is 22.1 Å². The fraction of sp³-hybridized carbons (Fsp3) is 0.200. The van der Waals surface area contributed by atoms with Crippen LogP contribution in [0.5, 0.6) is 0 Å². The van der Waals surface area contributed by atoms with Crippen molar-refractivity contribution in [3.8, 4) is 0 Å². The average Bonchev–Trinajstić information content (AvgIpc) is 2.34. The molecule has 0 radical (unpaired) electrons. The van der Waals surface area contributed by atoms with Gasteiger partial charge in [0.15, 0.2) is 0 Å². The predicted molar refractivity (Wildman–Crippen MR) is 56.3 cm³/mol. The van der Waals surface area contributed by atoms with E-state index in [1.165, 1.54) is 0 Å². The van der Waals surface area contributed by atoms with Crippen LogP contribution in [0.4, 0.5) is 26.3 Å². The molecular weight excluding hydrogens is 308 g/mol. The molecule has 0 aliphatic heterocycles. The van der Waals surface area contributed by atoms with Crippen molar-refractivity contribution in [2.45, 2.75) is 12.4 Å². The van der Waals surface area contributed by atoms with Crippen LogP contribution in [0.2, 0.25) is 0 Å². The zero-order valence-corrected chi connectivity index (χ0v) is 9.73. The van der Waals surface area contributed by atoms with E-state index in [-0.39, 0.29) is 6.07 Å². The maximum atomic E-state index is 12.8. The van der Waals surface area contributed by atoms with Gasteiger partial charge in [0.25, 0.3) is 5.56 Å². The summed E-state index contributed by atoms with van der Waals surface area (Å²) in [6, 6.07) is 0.252. The number of nitrogens with zero attached hydrogens (tertiary/aromatic N) is 1. The molecule has 0 saturated heterocycles. The van der Waals surface area contributed by atoms with E-state index in [2.05, 4.69) is 5.16 Å². The highest BCUT2D eigenvalue weighted by Gasteiger charge is 2.38. The Morgan fingerprint density at radius 3 is 2.10 bits per heavy atom. The molecule has 1 aromatic heterocycles. The quantitative estimate of drug-likeness (QED) is 0.396. The highest BCUT2D eigenvalue weighted by molar-refractivity contribution is 5.79. The molecule has 0 saturated carbocycles. The van der Waals surface area contributed by atoms with Gasteiger partial charge in [0, 0.05) is 0 Å². The maximum absolute atomic E-state index is 12.8. The zero-order valence-electron chi connectivity index (χ0n) is 9.73. The number of fused-ring (bicyclic) bond motifs is 1. The fourth-order valence-electron chi connectivity index (χ4n) is 1.69. The normalized spacial score (nSPS) is 13.9. The Bertz CT molecular complexity index is 815. The highest BCUT2D eigenvalue weighted by atomic mass is 19.4. The monoisotopic (exact) mass is 313 g/mol. The topological polar surface area (TPSA) is 81.2 Å². The minimum absolute atomic E-state index is 0.0989. The van der Waals surface area contributed by atoms with Gasteiger partial charge in [0.05, 0.1) is 22.2 Å². The molecule has 0 amide bonds. The number of H-pyrrole nitrogens is 2. The molecule has 0 atom stereocenters. The highest BCUT2D eigenvalue weighted by Crippen LogP contribution is 2.38. The minimum atomic E-state index is -5.11. The average molecular weight is 313 g/mol. The third-order valence-electron chi connectivity index (χ3n) is 2.58. The number of benzene rings is 1. The first kappa shape index (κ1) is 14.9. The van der Waals surface area contributed by atoms with Crippen LogP contribution in [0.1, 0.15) is 11.1 Å². The molecule has 2 aromatic rings. The van der Waals surface area contributed by atoms with Gasteiger partial charge in [-0.05, 0) is 12.1 Å². The number of halogens is 6. The largest absolute Gasteiger partial charge is 0.418 e. The lowest BCUT2D eigenvalue weighted by atomic mass is 10.1. The Labute approximate surface area is 110 Å². The lowest BCUT2D eigenvalue weighted by Crippen LogP contribution is -2.31. The molecule has 1 heterocycles. The molecular formula is C10H5F6N3O2.